The van der Waals surface area contributed by atoms with Gasteiger partial charge in [-0.05, 0) is 23.6 Å². The highest BCUT2D eigenvalue weighted by molar-refractivity contribution is 9.10. The Hall–Kier alpha value is -1.14. The van der Waals surface area contributed by atoms with Crippen LogP contribution in [0.25, 0.3) is 0 Å². The molecule has 2 atom stereocenters. The summed E-state index contributed by atoms with van der Waals surface area (Å²) in [5, 5.41) is 9.12. The third-order valence-electron chi connectivity index (χ3n) is 2.90. The van der Waals surface area contributed by atoms with E-state index in [1.807, 2.05) is 31.2 Å². The van der Waals surface area contributed by atoms with Gasteiger partial charge in [-0.2, -0.15) is 5.26 Å². The van der Waals surface area contributed by atoms with E-state index < -0.39 is 5.92 Å². The van der Waals surface area contributed by atoms with Crippen molar-refractivity contribution in [2.75, 3.05) is 0 Å². The Morgan fingerprint density at radius 2 is 2.00 bits per heavy atom. The molecule has 1 aromatic carbocycles. The second kappa shape index (κ2) is 6.56. The minimum atomic E-state index is -0.628. The highest BCUT2D eigenvalue weighted by atomic mass is 79.9. The average Bonchev–Trinajstić information content (AvgIpc) is 2.32. The van der Waals surface area contributed by atoms with Crippen molar-refractivity contribution in [2.45, 2.75) is 32.6 Å². The normalized spacial score (nSPS) is 13.8. The molecule has 0 aliphatic rings. The summed E-state index contributed by atoms with van der Waals surface area (Å²) in [6.07, 6.45) is 1.44. The van der Waals surface area contributed by atoms with Crippen LogP contribution in [0.1, 0.15) is 38.2 Å². The van der Waals surface area contributed by atoms with E-state index >= 15 is 0 Å². The lowest BCUT2D eigenvalue weighted by molar-refractivity contribution is -0.120. The molecule has 2 nitrogen and oxygen atoms in total. The molecule has 90 valence electrons. The molecule has 0 saturated carbocycles. The largest absolute Gasteiger partial charge is 0.298 e. The predicted molar refractivity (Wildman–Crippen MR) is 71.6 cm³/mol. The van der Waals surface area contributed by atoms with Gasteiger partial charge in [0.15, 0.2) is 5.78 Å². The molecule has 0 fully saturated rings. The van der Waals surface area contributed by atoms with E-state index in [0.29, 0.717) is 12.3 Å². The first-order valence-electron chi connectivity index (χ1n) is 5.76. The van der Waals surface area contributed by atoms with Crippen LogP contribution >= 0.6 is 15.9 Å². The quantitative estimate of drug-likeness (QED) is 0.821. The molecule has 0 aromatic heterocycles. The molecule has 0 bridgehead atoms. The second-order valence-electron chi connectivity index (χ2n) is 4.30. The van der Waals surface area contributed by atoms with Gasteiger partial charge in [-0.1, -0.05) is 48.3 Å². The lowest BCUT2D eigenvalue weighted by Gasteiger charge is -2.12. The highest BCUT2D eigenvalue weighted by Crippen LogP contribution is 2.22. The number of Topliss-reactive ketones (excluding diaryl/α,β-unsaturated/α-hetero) is 1. The summed E-state index contributed by atoms with van der Waals surface area (Å²) in [5.41, 5.74) is 0.781. The molecule has 0 radical (unpaired) electrons. The summed E-state index contributed by atoms with van der Waals surface area (Å²) in [7, 11) is 0. The number of carbonyl (C=O) groups is 1. The smallest absolute Gasteiger partial charge is 0.154 e. The van der Waals surface area contributed by atoms with Crippen LogP contribution in [-0.2, 0) is 4.79 Å². The molecule has 0 heterocycles. The van der Waals surface area contributed by atoms with Gasteiger partial charge in [0.2, 0.25) is 0 Å². The van der Waals surface area contributed by atoms with Crippen LogP contribution in [0.15, 0.2) is 28.7 Å². The van der Waals surface area contributed by atoms with Gasteiger partial charge in [0.1, 0.15) is 5.92 Å². The maximum atomic E-state index is 12.0. The topological polar surface area (TPSA) is 40.9 Å². The highest BCUT2D eigenvalue weighted by Gasteiger charge is 2.21. The average molecular weight is 294 g/mol. The SMILES string of the molecule is CCC(C)CC(=O)C(C#N)c1ccc(Br)cc1. The van der Waals surface area contributed by atoms with Gasteiger partial charge in [-0.15, -0.1) is 0 Å². The van der Waals surface area contributed by atoms with Crippen molar-refractivity contribution >= 4 is 21.7 Å². The summed E-state index contributed by atoms with van der Waals surface area (Å²) in [6.45, 7) is 4.09. The maximum Gasteiger partial charge on any atom is 0.154 e. The number of rotatable bonds is 5. The molecule has 1 aromatic rings. The number of hydrogen-bond acceptors (Lipinski definition) is 2. The Morgan fingerprint density at radius 1 is 1.41 bits per heavy atom. The van der Waals surface area contributed by atoms with Crippen molar-refractivity contribution in [3.63, 3.8) is 0 Å². The molecule has 0 saturated heterocycles. The fourth-order valence-electron chi connectivity index (χ4n) is 1.59. The molecule has 3 heteroatoms. The minimum absolute atomic E-state index is 0.0178. The molecule has 2 unspecified atom stereocenters. The number of carbonyl (C=O) groups excluding carboxylic acids is 1. The summed E-state index contributed by atoms with van der Waals surface area (Å²) in [4.78, 5) is 12.0. The third-order valence-corrected chi connectivity index (χ3v) is 3.43. The van der Waals surface area contributed by atoms with E-state index in [0.717, 1.165) is 16.5 Å². The summed E-state index contributed by atoms with van der Waals surface area (Å²) < 4.78 is 0.951. The van der Waals surface area contributed by atoms with Crippen LogP contribution in [-0.4, -0.2) is 5.78 Å². The lowest BCUT2D eigenvalue weighted by atomic mass is 9.90. The number of hydrogen-bond donors (Lipinski definition) is 0. The number of benzene rings is 1. The van der Waals surface area contributed by atoms with Gasteiger partial charge < -0.3 is 0 Å². The molecule has 0 aliphatic heterocycles. The van der Waals surface area contributed by atoms with E-state index in [1.54, 1.807) is 0 Å². The Labute approximate surface area is 111 Å². The van der Waals surface area contributed by atoms with Crippen LogP contribution in [0.2, 0.25) is 0 Å². The molecule has 0 aliphatic carbocycles. The summed E-state index contributed by atoms with van der Waals surface area (Å²) in [5.74, 6) is -0.268. The van der Waals surface area contributed by atoms with Crippen LogP contribution in [0.3, 0.4) is 0 Å². The molecule has 0 spiro atoms. The van der Waals surface area contributed by atoms with Crippen molar-refractivity contribution in [1.29, 1.82) is 5.26 Å². The van der Waals surface area contributed by atoms with Gasteiger partial charge in [0, 0.05) is 10.9 Å². The Morgan fingerprint density at radius 3 is 2.47 bits per heavy atom. The second-order valence-corrected chi connectivity index (χ2v) is 5.21. The molecule has 0 N–H and O–H groups in total. The molecular formula is C14H16BrNO. The first-order chi connectivity index (χ1) is 8.08. The van der Waals surface area contributed by atoms with Crippen molar-refractivity contribution in [3.05, 3.63) is 34.3 Å². The van der Waals surface area contributed by atoms with E-state index in [9.17, 15) is 4.79 Å². The Bertz CT molecular complexity index is 419. The van der Waals surface area contributed by atoms with Crippen molar-refractivity contribution in [3.8, 4) is 6.07 Å². The first kappa shape index (κ1) is 13.9. The van der Waals surface area contributed by atoms with Crippen LogP contribution in [0.5, 0.6) is 0 Å². The fraction of sp³-hybridized carbons (Fsp3) is 0.429. The number of nitriles is 1. The van der Waals surface area contributed by atoms with Crippen LogP contribution in [0, 0.1) is 17.2 Å². The zero-order valence-electron chi connectivity index (χ0n) is 10.1. The van der Waals surface area contributed by atoms with Gasteiger partial charge in [-0.3, -0.25) is 4.79 Å². The fourth-order valence-corrected chi connectivity index (χ4v) is 1.86. The van der Waals surface area contributed by atoms with Gasteiger partial charge in [0.05, 0.1) is 6.07 Å². The van der Waals surface area contributed by atoms with Crippen molar-refractivity contribution in [2.24, 2.45) is 5.92 Å². The Kier molecular flexibility index (Phi) is 5.37. The zero-order chi connectivity index (χ0) is 12.8. The molecular weight excluding hydrogens is 278 g/mol. The van der Waals surface area contributed by atoms with Crippen molar-refractivity contribution in [1.82, 2.24) is 0 Å². The molecule has 17 heavy (non-hydrogen) atoms. The van der Waals surface area contributed by atoms with Gasteiger partial charge in [-0.25, -0.2) is 0 Å². The minimum Gasteiger partial charge on any atom is -0.298 e. The lowest BCUT2D eigenvalue weighted by Crippen LogP contribution is -2.14. The van der Waals surface area contributed by atoms with E-state index in [1.165, 1.54) is 0 Å². The van der Waals surface area contributed by atoms with Crippen LogP contribution in [0.4, 0.5) is 0 Å². The van der Waals surface area contributed by atoms with Crippen molar-refractivity contribution < 1.29 is 4.79 Å². The van der Waals surface area contributed by atoms with Gasteiger partial charge >= 0.3 is 0 Å². The van der Waals surface area contributed by atoms with E-state index in [-0.39, 0.29) is 5.78 Å². The first-order valence-corrected chi connectivity index (χ1v) is 6.55. The monoisotopic (exact) mass is 293 g/mol. The van der Waals surface area contributed by atoms with E-state index in [2.05, 4.69) is 28.9 Å². The Balaban J connectivity index is 2.82. The number of nitrogens with zero attached hydrogens (tertiary/aromatic N) is 1. The number of ketones is 1. The standard InChI is InChI=1S/C14H16BrNO/c1-3-10(2)8-14(17)13(9-16)11-4-6-12(15)7-5-11/h4-7,10,13H,3,8H2,1-2H3. The summed E-state index contributed by atoms with van der Waals surface area (Å²) >= 11 is 3.34. The number of halogens is 1. The molecule has 0 amide bonds. The van der Waals surface area contributed by atoms with Crippen LogP contribution < -0.4 is 0 Å². The maximum absolute atomic E-state index is 12.0. The predicted octanol–water partition coefficient (Wildman–Crippen LogP) is 4.06. The zero-order valence-corrected chi connectivity index (χ0v) is 11.7. The van der Waals surface area contributed by atoms with E-state index in [4.69, 9.17) is 5.26 Å². The molecule has 1 rings (SSSR count). The third kappa shape index (κ3) is 3.98. The summed E-state index contributed by atoms with van der Waals surface area (Å²) in [6, 6.07) is 9.47. The van der Waals surface area contributed by atoms with Gasteiger partial charge in [0.25, 0.3) is 0 Å².